The van der Waals surface area contributed by atoms with Crippen molar-refractivity contribution in [1.29, 1.82) is 0 Å². The van der Waals surface area contributed by atoms with Gasteiger partial charge in [-0.25, -0.2) is 12.8 Å². The van der Waals surface area contributed by atoms with Crippen molar-refractivity contribution < 1.29 is 17.6 Å². The number of ketones is 1. The quantitative estimate of drug-likeness (QED) is 0.296. The minimum atomic E-state index is -4.31. The summed E-state index contributed by atoms with van der Waals surface area (Å²) >= 11 is 12.0. The van der Waals surface area contributed by atoms with Crippen LogP contribution in [0.4, 0.5) is 15.8 Å². The SMILES string of the molecule is CCN(CCC(=O)[C@@H](C)N(c1cc(Cl)ccc1F)S(=O)(=O)c1ccc(Cl)cc1)c1cccc(C)c1. The average molecular weight is 537 g/mol. The molecule has 1 atom stereocenters. The summed E-state index contributed by atoms with van der Waals surface area (Å²) in [6.07, 6.45) is 0.0672. The Labute approximate surface area is 216 Å². The van der Waals surface area contributed by atoms with Crippen molar-refractivity contribution in [3.63, 3.8) is 0 Å². The summed E-state index contributed by atoms with van der Waals surface area (Å²) in [5, 5.41) is 0.498. The van der Waals surface area contributed by atoms with Gasteiger partial charge in [0, 0.05) is 35.2 Å². The van der Waals surface area contributed by atoms with Gasteiger partial charge in [-0.1, -0.05) is 35.3 Å². The maximum atomic E-state index is 14.9. The number of hydrogen-bond donors (Lipinski definition) is 0. The number of hydrogen-bond acceptors (Lipinski definition) is 4. The third-order valence-corrected chi connectivity index (χ3v) is 8.10. The van der Waals surface area contributed by atoms with Gasteiger partial charge in [0.2, 0.25) is 0 Å². The molecular weight excluding hydrogens is 510 g/mol. The van der Waals surface area contributed by atoms with Crippen LogP contribution < -0.4 is 9.21 Å². The van der Waals surface area contributed by atoms with Gasteiger partial charge < -0.3 is 4.90 Å². The summed E-state index contributed by atoms with van der Waals surface area (Å²) < 4.78 is 42.9. The molecule has 0 saturated carbocycles. The molecule has 0 aliphatic carbocycles. The number of aryl methyl sites for hydroxylation is 1. The minimum absolute atomic E-state index is 0.0672. The maximum absolute atomic E-state index is 14.9. The van der Waals surface area contributed by atoms with Gasteiger partial charge in [0.1, 0.15) is 11.9 Å². The summed E-state index contributed by atoms with van der Waals surface area (Å²) in [6.45, 7) is 6.48. The number of benzene rings is 3. The second-order valence-electron chi connectivity index (χ2n) is 8.16. The molecule has 186 valence electrons. The Balaban J connectivity index is 1.94. The highest BCUT2D eigenvalue weighted by Gasteiger charge is 2.35. The molecule has 5 nitrogen and oxygen atoms in total. The third kappa shape index (κ3) is 6.34. The fourth-order valence-electron chi connectivity index (χ4n) is 3.80. The van der Waals surface area contributed by atoms with Crippen molar-refractivity contribution in [2.75, 3.05) is 22.3 Å². The summed E-state index contributed by atoms with van der Waals surface area (Å²) in [4.78, 5) is 15.2. The smallest absolute Gasteiger partial charge is 0.265 e. The molecular formula is C26H27Cl2FN2O3S. The lowest BCUT2D eigenvalue weighted by Gasteiger charge is -2.31. The molecule has 3 rings (SSSR count). The van der Waals surface area contributed by atoms with Crippen LogP contribution in [0.5, 0.6) is 0 Å². The van der Waals surface area contributed by atoms with Crippen LogP contribution in [0, 0.1) is 12.7 Å². The highest BCUT2D eigenvalue weighted by Crippen LogP contribution is 2.32. The number of carbonyl (C=O) groups excluding carboxylic acids is 1. The van der Waals surface area contributed by atoms with Crippen LogP contribution in [-0.4, -0.2) is 33.3 Å². The molecule has 0 bridgehead atoms. The van der Waals surface area contributed by atoms with Crippen molar-refractivity contribution in [1.82, 2.24) is 0 Å². The van der Waals surface area contributed by atoms with Gasteiger partial charge in [-0.15, -0.1) is 0 Å². The summed E-state index contributed by atoms with van der Waals surface area (Å²) in [5.41, 5.74) is 1.77. The zero-order chi connectivity index (χ0) is 25.8. The molecule has 0 heterocycles. The molecule has 0 amide bonds. The van der Waals surface area contributed by atoms with Crippen molar-refractivity contribution in [2.24, 2.45) is 0 Å². The number of Topliss-reactive ketones (excluding diaryl/α,β-unsaturated/α-hetero) is 1. The number of rotatable bonds is 10. The van der Waals surface area contributed by atoms with E-state index < -0.39 is 21.9 Å². The molecule has 0 spiro atoms. The van der Waals surface area contributed by atoms with Crippen LogP contribution in [-0.2, 0) is 14.8 Å². The summed E-state index contributed by atoms with van der Waals surface area (Å²) in [6, 6.07) is 15.8. The molecule has 0 aromatic heterocycles. The van der Waals surface area contributed by atoms with E-state index in [1.165, 1.54) is 43.3 Å². The Kier molecular flexibility index (Phi) is 8.80. The lowest BCUT2D eigenvalue weighted by molar-refractivity contribution is -0.119. The molecule has 0 N–H and O–H groups in total. The largest absolute Gasteiger partial charge is 0.371 e. The van der Waals surface area contributed by atoms with E-state index in [-0.39, 0.29) is 27.8 Å². The molecule has 9 heteroatoms. The van der Waals surface area contributed by atoms with Crippen molar-refractivity contribution >= 4 is 50.4 Å². The fourth-order valence-corrected chi connectivity index (χ4v) is 5.73. The predicted octanol–water partition coefficient (Wildman–Crippen LogP) is 6.51. The number of halogens is 3. The number of anilines is 2. The van der Waals surface area contributed by atoms with Crippen molar-refractivity contribution in [2.45, 2.75) is 38.1 Å². The summed E-state index contributed by atoms with van der Waals surface area (Å²) in [5.74, 6) is -1.16. The van der Waals surface area contributed by atoms with E-state index in [2.05, 4.69) is 0 Å². The molecule has 3 aromatic rings. The average Bonchev–Trinajstić information content (AvgIpc) is 2.82. The van der Waals surface area contributed by atoms with Gasteiger partial charge >= 0.3 is 0 Å². The van der Waals surface area contributed by atoms with E-state index in [0.29, 0.717) is 18.1 Å². The Bertz CT molecular complexity index is 1300. The highest BCUT2D eigenvalue weighted by molar-refractivity contribution is 7.93. The first kappa shape index (κ1) is 27.0. The Hall–Kier alpha value is -2.61. The summed E-state index contributed by atoms with van der Waals surface area (Å²) in [7, 11) is -4.31. The molecule has 3 aromatic carbocycles. The Morgan fingerprint density at radius 3 is 2.29 bits per heavy atom. The zero-order valence-corrected chi connectivity index (χ0v) is 22.0. The van der Waals surface area contributed by atoms with Gasteiger partial charge in [0.15, 0.2) is 5.78 Å². The van der Waals surface area contributed by atoms with Crippen LogP contribution in [0.3, 0.4) is 0 Å². The lowest BCUT2D eigenvalue weighted by Crippen LogP contribution is -2.44. The molecule has 0 saturated heterocycles. The predicted molar refractivity (Wildman–Crippen MR) is 141 cm³/mol. The number of carbonyl (C=O) groups is 1. The fraction of sp³-hybridized carbons (Fsp3) is 0.269. The van der Waals surface area contributed by atoms with Gasteiger partial charge in [0.05, 0.1) is 10.6 Å². The molecule has 35 heavy (non-hydrogen) atoms. The van der Waals surface area contributed by atoms with E-state index in [9.17, 15) is 17.6 Å². The first-order valence-electron chi connectivity index (χ1n) is 11.1. The normalized spacial score (nSPS) is 12.3. The molecule has 0 aliphatic heterocycles. The molecule has 0 aliphatic rings. The first-order valence-corrected chi connectivity index (χ1v) is 13.3. The van der Waals surface area contributed by atoms with Crippen LogP contribution in [0.25, 0.3) is 0 Å². The van der Waals surface area contributed by atoms with E-state index >= 15 is 0 Å². The zero-order valence-electron chi connectivity index (χ0n) is 19.7. The minimum Gasteiger partial charge on any atom is -0.371 e. The Morgan fingerprint density at radius 2 is 1.66 bits per heavy atom. The topological polar surface area (TPSA) is 57.7 Å². The maximum Gasteiger partial charge on any atom is 0.265 e. The monoisotopic (exact) mass is 536 g/mol. The molecule has 0 radical (unpaired) electrons. The van der Waals surface area contributed by atoms with E-state index in [1.807, 2.05) is 43.0 Å². The highest BCUT2D eigenvalue weighted by atomic mass is 35.5. The van der Waals surface area contributed by atoms with Crippen LogP contribution in [0.1, 0.15) is 25.8 Å². The molecule has 0 unspecified atom stereocenters. The van der Waals surface area contributed by atoms with Crippen LogP contribution in [0.15, 0.2) is 71.6 Å². The molecule has 0 fully saturated rings. The number of sulfonamides is 1. The Morgan fingerprint density at radius 1 is 1.00 bits per heavy atom. The van der Waals surface area contributed by atoms with E-state index in [1.54, 1.807) is 0 Å². The van der Waals surface area contributed by atoms with Gasteiger partial charge in [-0.3, -0.25) is 9.10 Å². The van der Waals surface area contributed by atoms with Gasteiger partial charge in [0.25, 0.3) is 10.0 Å². The van der Waals surface area contributed by atoms with Gasteiger partial charge in [-0.05, 0) is 80.9 Å². The number of nitrogens with zero attached hydrogens (tertiary/aromatic N) is 2. The lowest BCUT2D eigenvalue weighted by atomic mass is 10.1. The standard InChI is InChI=1S/C26H27Cl2FN2O3S/c1-4-30(22-7-5-6-18(2)16-22)15-14-26(32)19(3)31(25-17-21(28)10-13-24(25)29)35(33,34)23-11-8-20(27)9-12-23/h5-13,16-17,19H,4,14-15H2,1-3H3/t19-/m1/s1. The third-order valence-electron chi connectivity index (χ3n) is 5.71. The van der Waals surface area contributed by atoms with Crippen molar-refractivity contribution in [3.05, 3.63) is 88.2 Å². The van der Waals surface area contributed by atoms with Crippen molar-refractivity contribution in [3.8, 4) is 0 Å². The second kappa shape index (κ2) is 11.4. The van der Waals surface area contributed by atoms with E-state index in [4.69, 9.17) is 23.2 Å². The van der Waals surface area contributed by atoms with Crippen LogP contribution >= 0.6 is 23.2 Å². The van der Waals surface area contributed by atoms with E-state index in [0.717, 1.165) is 21.6 Å². The first-order chi connectivity index (χ1) is 16.5. The second-order valence-corrected chi connectivity index (χ2v) is 10.8. The van der Waals surface area contributed by atoms with Gasteiger partial charge in [-0.2, -0.15) is 0 Å². The van der Waals surface area contributed by atoms with Crippen LogP contribution in [0.2, 0.25) is 10.0 Å².